The Hall–Kier alpha value is -2.03. The summed E-state index contributed by atoms with van der Waals surface area (Å²) < 4.78 is 0. The van der Waals surface area contributed by atoms with Gasteiger partial charge in [0.05, 0.1) is 12.1 Å². The minimum atomic E-state index is 0.198. The molecule has 0 amide bonds. The van der Waals surface area contributed by atoms with Crippen LogP contribution in [-0.2, 0) is 0 Å². The zero-order valence-electron chi connectivity index (χ0n) is 10.6. The highest BCUT2D eigenvalue weighted by molar-refractivity contribution is 6.04. The monoisotopic (exact) mass is 239 g/mol. The average molecular weight is 239 g/mol. The molecule has 0 radical (unpaired) electrons. The van der Waals surface area contributed by atoms with Gasteiger partial charge in [-0.15, -0.1) is 0 Å². The van der Waals surface area contributed by atoms with Crippen molar-refractivity contribution in [1.29, 1.82) is 0 Å². The fourth-order valence-electron chi connectivity index (χ4n) is 2.44. The van der Waals surface area contributed by atoms with E-state index in [4.69, 9.17) is 10.7 Å². The van der Waals surface area contributed by atoms with Crippen LogP contribution < -0.4 is 11.1 Å². The topological polar surface area (TPSA) is 50.4 Å². The van der Waals surface area contributed by atoms with Crippen molar-refractivity contribution in [2.45, 2.75) is 25.9 Å². The quantitative estimate of drug-likeness (QED) is 0.739. The maximum Gasteiger partial charge on any atom is 0.131 e. The van der Waals surface area contributed by atoms with Crippen LogP contribution in [0.25, 0.3) is 0 Å². The highest BCUT2D eigenvalue weighted by atomic mass is 15.1. The normalized spacial score (nSPS) is 25.8. The van der Waals surface area contributed by atoms with E-state index in [9.17, 15) is 0 Å². The summed E-state index contributed by atoms with van der Waals surface area (Å²) in [6.45, 7) is 4.27. The number of rotatable bonds is 1. The van der Waals surface area contributed by atoms with Crippen molar-refractivity contribution in [3.63, 3.8) is 0 Å². The van der Waals surface area contributed by atoms with Gasteiger partial charge in [0, 0.05) is 11.3 Å². The van der Waals surface area contributed by atoms with Crippen molar-refractivity contribution in [3.8, 4) is 0 Å². The Bertz CT molecular complexity index is 581. The number of aliphatic imine (C=N–C) groups is 1. The summed E-state index contributed by atoms with van der Waals surface area (Å²) in [4.78, 5) is 4.73. The van der Waals surface area contributed by atoms with Crippen LogP contribution in [0.4, 0.5) is 5.69 Å². The van der Waals surface area contributed by atoms with Crippen LogP contribution in [0.15, 0.2) is 52.6 Å². The van der Waals surface area contributed by atoms with Gasteiger partial charge >= 0.3 is 0 Å². The highest BCUT2D eigenvalue weighted by Crippen LogP contribution is 2.25. The molecule has 3 rings (SSSR count). The molecule has 1 aromatic carbocycles. The van der Waals surface area contributed by atoms with Crippen LogP contribution in [0, 0.1) is 0 Å². The SMILES string of the molecule is CC1=CC2N=C(c3ccccc3N)NC2C=C1C. The molecule has 2 unspecified atom stereocenters. The summed E-state index contributed by atoms with van der Waals surface area (Å²) >= 11 is 0. The van der Waals surface area contributed by atoms with Crippen LogP contribution in [0.5, 0.6) is 0 Å². The molecule has 1 aliphatic carbocycles. The van der Waals surface area contributed by atoms with Crippen LogP contribution >= 0.6 is 0 Å². The number of hydrogen-bond acceptors (Lipinski definition) is 3. The fraction of sp³-hybridized carbons (Fsp3) is 0.267. The number of allylic oxidation sites excluding steroid dienone is 2. The zero-order valence-corrected chi connectivity index (χ0v) is 10.6. The number of fused-ring (bicyclic) bond motifs is 1. The number of nitrogens with two attached hydrogens (primary N) is 1. The summed E-state index contributed by atoms with van der Waals surface area (Å²) in [5.41, 5.74) is 10.4. The number of benzene rings is 1. The molecule has 18 heavy (non-hydrogen) atoms. The molecule has 1 heterocycles. The smallest absolute Gasteiger partial charge is 0.131 e. The summed E-state index contributed by atoms with van der Waals surface area (Å²) in [6, 6.07) is 8.30. The van der Waals surface area contributed by atoms with Gasteiger partial charge in [0.15, 0.2) is 0 Å². The second-order valence-corrected chi connectivity index (χ2v) is 4.93. The van der Waals surface area contributed by atoms with Crippen molar-refractivity contribution >= 4 is 11.5 Å². The van der Waals surface area contributed by atoms with Gasteiger partial charge in [-0.25, -0.2) is 0 Å². The molecule has 3 heteroatoms. The fourth-order valence-corrected chi connectivity index (χ4v) is 2.44. The number of anilines is 1. The number of nitrogen functional groups attached to an aromatic ring is 1. The first kappa shape index (κ1) is 11.1. The molecule has 0 spiro atoms. The highest BCUT2D eigenvalue weighted by Gasteiger charge is 2.29. The Morgan fingerprint density at radius 2 is 1.83 bits per heavy atom. The number of amidine groups is 1. The van der Waals surface area contributed by atoms with E-state index in [1.54, 1.807) is 0 Å². The minimum absolute atomic E-state index is 0.198. The van der Waals surface area contributed by atoms with Crippen molar-refractivity contribution in [2.24, 2.45) is 4.99 Å². The summed E-state index contributed by atoms with van der Waals surface area (Å²) in [6.07, 6.45) is 4.47. The predicted molar refractivity (Wildman–Crippen MR) is 75.6 cm³/mol. The third kappa shape index (κ3) is 1.72. The maximum absolute atomic E-state index is 5.99. The van der Waals surface area contributed by atoms with Crippen molar-refractivity contribution in [2.75, 3.05) is 5.73 Å². The minimum Gasteiger partial charge on any atom is -0.398 e. The van der Waals surface area contributed by atoms with Crippen LogP contribution in [0.1, 0.15) is 19.4 Å². The molecule has 0 bridgehead atoms. The second kappa shape index (κ2) is 4.02. The molecular formula is C15H17N3. The van der Waals surface area contributed by atoms with Gasteiger partial charge in [-0.1, -0.05) is 35.4 Å². The maximum atomic E-state index is 5.99. The Balaban J connectivity index is 1.96. The number of nitrogens with one attached hydrogen (secondary N) is 1. The standard InChI is InChI=1S/C15H17N3/c1-9-7-13-14(8-10(9)2)18-15(17-13)11-5-3-4-6-12(11)16/h3-8,13-14H,16H2,1-2H3,(H,17,18). The molecule has 0 aromatic heterocycles. The number of para-hydroxylation sites is 1. The molecule has 1 aliphatic heterocycles. The first-order chi connectivity index (χ1) is 8.65. The van der Waals surface area contributed by atoms with Crippen molar-refractivity contribution in [3.05, 3.63) is 53.1 Å². The molecule has 0 saturated carbocycles. The molecule has 92 valence electrons. The van der Waals surface area contributed by atoms with E-state index in [-0.39, 0.29) is 12.1 Å². The van der Waals surface area contributed by atoms with E-state index < -0.39 is 0 Å². The first-order valence-electron chi connectivity index (χ1n) is 6.21. The first-order valence-corrected chi connectivity index (χ1v) is 6.21. The lowest BCUT2D eigenvalue weighted by Crippen LogP contribution is -2.34. The molecule has 1 aromatic rings. The predicted octanol–water partition coefficient (Wildman–Crippen LogP) is 2.26. The van der Waals surface area contributed by atoms with E-state index >= 15 is 0 Å². The molecule has 3 nitrogen and oxygen atoms in total. The molecular weight excluding hydrogens is 222 g/mol. The van der Waals surface area contributed by atoms with Gasteiger partial charge in [-0.2, -0.15) is 0 Å². The van der Waals surface area contributed by atoms with E-state index in [0.717, 1.165) is 17.1 Å². The van der Waals surface area contributed by atoms with E-state index in [1.165, 1.54) is 11.1 Å². The third-order valence-corrected chi connectivity index (χ3v) is 3.64. The Morgan fingerprint density at radius 3 is 2.61 bits per heavy atom. The van der Waals surface area contributed by atoms with Gasteiger partial charge in [0.1, 0.15) is 5.84 Å². The molecule has 3 N–H and O–H groups in total. The number of hydrogen-bond donors (Lipinski definition) is 2. The Morgan fingerprint density at radius 1 is 1.11 bits per heavy atom. The van der Waals surface area contributed by atoms with Gasteiger partial charge in [-0.3, -0.25) is 4.99 Å². The molecule has 0 saturated heterocycles. The van der Waals surface area contributed by atoms with Crippen molar-refractivity contribution < 1.29 is 0 Å². The lowest BCUT2D eigenvalue weighted by Gasteiger charge is -2.19. The van der Waals surface area contributed by atoms with Gasteiger partial charge in [0.2, 0.25) is 0 Å². The molecule has 0 fully saturated rings. The summed E-state index contributed by atoms with van der Waals surface area (Å²) in [7, 11) is 0. The second-order valence-electron chi connectivity index (χ2n) is 4.93. The van der Waals surface area contributed by atoms with Gasteiger partial charge in [-0.05, 0) is 26.0 Å². The van der Waals surface area contributed by atoms with E-state index in [2.05, 4.69) is 31.3 Å². The van der Waals surface area contributed by atoms with Crippen molar-refractivity contribution in [1.82, 2.24) is 5.32 Å². The van der Waals surface area contributed by atoms with Crippen LogP contribution in [0.3, 0.4) is 0 Å². The van der Waals surface area contributed by atoms with Gasteiger partial charge in [0.25, 0.3) is 0 Å². The lowest BCUT2D eigenvalue weighted by atomic mass is 9.94. The number of nitrogens with zero attached hydrogens (tertiary/aromatic N) is 1. The third-order valence-electron chi connectivity index (χ3n) is 3.64. The molecule has 2 aliphatic rings. The van der Waals surface area contributed by atoms with E-state index in [1.807, 2.05) is 24.3 Å². The Labute approximate surface area is 107 Å². The molecule has 2 atom stereocenters. The average Bonchev–Trinajstić information content (AvgIpc) is 2.73. The van der Waals surface area contributed by atoms with Crippen LogP contribution in [0.2, 0.25) is 0 Å². The Kier molecular flexibility index (Phi) is 2.47. The zero-order chi connectivity index (χ0) is 12.7. The summed E-state index contributed by atoms with van der Waals surface area (Å²) in [5.74, 6) is 0.901. The van der Waals surface area contributed by atoms with E-state index in [0.29, 0.717) is 0 Å². The van der Waals surface area contributed by atoms with Gasteiger partial charge < -0.3 is 11.1 Å². The largest absolute Gasteiger partial charge is 0.398 e. The summed E-state index contributed by atoms with van der Waals surface area (Å²) in [5, 5.41) is 3.45. The van der Waals surface area contributed by atoms with Crippen LogP contribution in [-0.4, -0.2) is 17.9 Å². The lowest BCUT2D eigenvalue weighted by molar-refractivity contribution is 0.683.